The Labute approximate surface area is 148 Å². The SMILES string of the molecule is CN(C)CCn1nc2n(c1=O)CCC(NC(=O)CN1CCCC1)CC2. The number of hydrogen-bond donors (Lipinski definition) is 1. The zero-order valence-electron chi connectivity index (χ0n) is 15.4. The van der Waals surface area contributed by atoms with E-state index in [4.69, 9.17) is 0 Å². The molecule has 8 heteroatoms. The Balaban J connectivity index is 1.53. The molecule has 1 N–H and O–H groups in total. The van der Waals surface area contributed by atoms with Crippen molar-refractivity contribution in [2.45, 2.75) is 51.2 Å². The lowest BCUT2D eigenvalue weighted by molar-refractivity contribution is -0.122. The molecule has 0 radical (unpaired) electrons. The summed E-state index contributed by atoms with van der Waals surface area (Å²) in [6.45, 7) is 4.59. The van der Waals surface area contributed by atoms with Crippen LogP contribution in [0.5, 0.6) is 0 Å². The van der Waals surface area contributed by atoms with Gasteiger partial charge in [-0.1, -0.05) is 0 Å². The molecule has 1 aromatic heterocycles. The summed E-state index contributed by atoms with van der Waals surface area (Å²) in [5, 5.41) is 7.65. The van der Waals surface area contributed by atoms with Crippen molar-refractivity contribution in [2.24, 2.45) is 0 Å². The van der Waals surface area contributed by atoms with Gasteiger partial charge >= 0.3 is 5.69 Å². The second-order valence-corrected chi connectivity index (χ2v) is 7.45. The van der Waals surface area contributed by atoms with Gasteiger partial charge in [0, 0.05) is 25.6 Å². The average molecular weight is 350 g/mol. The third-order valence-corrected chi connectivity index (χ3v) is 5.11. The molecular weight excluding hydrogens is 320 g/mol. The minimum atomic E-state index is -0.0270. The van der Waals surface area contributed by atoms with Crippen molar-refractivity contribution in [1.29, 1.82) is 0 Å². The highest BCUT2D eigenvalue weighted by molar-refractivity contribution is 5.78. The molecule has 140 valence electrons. The smallest absolute Gasteiger partial charge is 0.345 e. The second-order valence-electron chi connectivity index (χ2n) is 7.45. The van der Waals surface area contributed by atoms with Crippen molar-refractivity contribution in [3.05, 3.63) is 16.3 Å². The maximum atomic E-state index is 12.5. The zero-order chi connectivity index (χ0) is 17.8. The summed E-state index contributed by atoms with van der Waals surface area (Å²) >= 11 is 0. The number of aromatic nitrogens is 3. The Morgan fingerprint density at radius 1 is 1.24 bits per heavy atom. The first kappa shape index (κ1) is 18.1. The fourth-order valence-corrected chi connectivity index (χ4v) is 3.63. The summed E-state index contributed by atoms with van der Waals surface area (Å²) in [6, 6.07) is 0.131. The summed E-state index contributed by atoms with van der Waals surface area (Å²) in [4.78, 5) is 29.0. The van der Waals surface area contributed by atoms with Gasteiger partial charge < -0.3 is 10.2 Å². The number of likely N-dealkylation sites (tertiary alicyclic amines) is 1. The Morgan fingerprint density at radius 2 is 2.00 bits per heavy atom. The molecule has 3 heterocycles. The lowest BCUT2D eigenvalue weighted by atomic mass is 10.1. The van der Waals surface area contributed by atoms with Crippen LogP contribution in [-0.2, 0) is 24.3 Å². The lowest BCUT2D eigenvalue weighted by Crippen LogP contribution is -2.41. The van der Waals surface area contributed by atoms with Gasteiger partial charge in [-0.2, -0.15) is 5.10 Å². The quantitative estimate of drug-likeness (QED) is 0.750. The molecular formula is C17H30N6O2. The van der Waals surface area contributed by atoms with E-state index in [0.29, 0.717) is 19.6 Å². The fraction of sp³-hybridized carbons (Fsp3) is 0.824. The Hall–Kier alpha value is -1.67. The monoisotopic (exact) mass is 350 g/mol. The Morgan fingerprint density at radius 3 is 2.72 bits per heavy atom. The minimum Gasteiger partial charge on any atom is -0.352 e. The molecule has 2 aliphatic rings. The van der Waals surface area contributed by atoms with Gasteiger partial charge in [0.05, 0.1) is 13.1 Å². The normalized spacial score (nSPS) is 21.3. The number of nitrogens with zero attached hydrogens (tertiary/aromatic N) is 5. The van der Waals surface area contributed by atoms with Crippen molar-refractivity contribution < 1.29 is 4.79 Å². The predicted octanol–water partition coefficient (Wildman–Crippen LogP) is -0.477. The Bertz CT molecular complexity index is 644. The van der Waals surface area contributed by atoms with Gasteiger partial charge in [0.1, 0.15) is 5.82 Å². The number of likely N-dealkylation sites (N-methyl/N-ethyl adjacent to an activating group) is 1. The number of hydrogen-bond acceptors (Lipinski definition) is 5. The van der Waals surface area contributed by atoms with Crippen LogP contribution in [0.1, 0.15) is 31.5 Å². The number of fused-ring (bicyclic) bond motifs is 1. The predicted molar refractivity (Wildman–Crippen MR) is 95.6 cm³/mol. The molecule has 8 nitrogen and oxygen atoms in total. The van der Waals surface area contributed by atoms with Crippen LogP contribution in [0.25, 0.3) is 0 Å². The number of amides is 1. The van der Waals surface area contributed by atoms with Crippen molar-refractivity contribution in [2.75, 3.05) is 40.3 Å². The molecule has 1 amide bonds. The highest BCUT2D eigenvalue weighted by atomic mass is 16.2. The van der Waals surface area contributed by atoms with Crippen LogP contribution in [-0.4, -0.2) is 76.4 Å². The molecule has 1 saturated heterocycles. The van der Waals surface area contributed by atoms with E-state index >= 15 is 0 Å². The lowest BCUT2D eigenvalue weighted by Gasteiger charge is -2.19. The Kier molecular flexibility index (Phi) is 5.90. The van der Waals surface area contributed by atoms with Gasteiger partial charge in [-0.25, -0.2) is 9.48 Å². The highest BCUT2D eigenvalue weighted by Gasteiger charge is 2.23. The number of aryl methyl sites for hydroxylation is 1. The molecule has 1 atom stereocenters. The molecule has 0 spiro atoms. The van der Waals surface area contributed by atoms with E-state index in [1.54, 1.807) is 9.25 Å². The maximum Gasteiger partial charge on any atom is 0.345 e. The van der Waals surface area contributed by atoms with Crippen LogP contribution in [0.3, 0.4) is 0 Å². The van der Waals surface area contributed by atoms with Gasteiger partial charge in [-0.05, 0) is 52.9 Å². The van der Waals surface area contributed by atoms with Crippen LogP contribution >= 0.6 is 0 Å². The first-order chi connectivity index (χ1) is 12.0. The summed E-state index contributed by atoms with van der Waals surface area (Å²) in [7, 11) is 3.98. The largest absolute Gasteiger partial charge is 0.352 e. The summed E-state index contributed by atoms with van der Waals surface area (Å²) < 4.78 is 3.35. The number of rotatable bonds is 6. The summed E-state index contributed by atoms with van der Waals surface area (Å²) in [6.07, 6.45) is 4.75. The van der Waals surface area contributed by atoms with Crippen molar-refractivity contribution in [3.8, 4) is 0 Å². The van der Waals surface area contributed by atoms with E-state index in [9.17, 15) is 9.59 Å². The third kappa shape index (κ3) is 4.70. The van der Waals surface area contributed by atoms with Gasteiger partial charge in [0.15, 0.2) is 0 Å². The maximum absolute atomic E-state index is 12.5. The molecule has 0 saturated carbocycles. The van der Waals surface area contributed by atoms with Crippen LogP contribution in [0.4, 0.5) is 0 Å². The van der Waals surface area contributed by atoms with Crippen LogP contribution in [0, 0.1) is 0 Å². The first-order valence-corrected chi connectivity index (χ1v) is 9.36. The third-order valence-electron chi connectivity index (χ3n) is 5.11. The van der Waals surface area contributed by atoms with Crippen molar-refractivity contribution >= 4 is 5.91 Å². The molecule has 2 aliphatic heterocycles. The minimum absolute atomic E-state index is 0.0270. The molecule has 25 heavy (non-hydrogen) atoms. The van der Waals surface area contributed by atoms with Crippen LogP contribution in [0.15, 0.2) is 4.79 Å². The zero-order valence-corrected chi connectivity index (χ0v) is 15.4. The molecule has 1 unspecified atom stereocenters. The number of carbonyl (C=O) groups is 1. The van der Waals surface area contributed by atoms with Crippen molar-refractivity contribution in [3.63, 3.8) is 0 Å². The van der Waals surface area contributed by atoms with E-state index in [0.717, 1.165) is 44.7 Å². The second kappa shape index (κ2) is 8.14. The molecule has 3 rings (SSSR count). The van der Waals surface area contributed by atoms with Gasteiger partial charge in [0.25, 0.3) is 0 Å². The fourth-order valence-electron chi connectivity index (χ4n) is 3.63. The number of carbonyl (C=O) groups excluding carboxylic acids is 1. The van der Waals surface area contributed by atoms with E-state index in [1.807, 2.05) is 19.0 Å². The van der Waals surface area contributed by atoms with Gasteiger partial charge in [-0.3, -0.25) is 14.3 Å². The standard InChI is InChI=1S/C17H30N6O2/c1-20(2)11-12-23-17(25)22-10-7-14(5-6-15(22)19-23)18-16(24)13-21-8-3-4-9-21/h14H,3-13H2,1-2H3,(H,18,24). The van der Waals surface area contributed by atoms with E-state index in [1.165, 1.54) is 12.8 Å². The van der Waals surface area contributed by atoms with E-state index < -0.39 is 0 Å². The topological polar surface area (TPSA) is 75.4 Å². The summed E-state index contributed by atoms with van der Waals surface area (Å²) in [5.74, 6) is 0.954. The number of nitrogens with one attached hydrogen (secondary N) is 1. The first-order valence-electron chi connectivity index (χ1n) is 9.36. The molecule has 0 aliphatic carbocycles. The van der Waals surface area contributed by atoms with Crippen LogP contribution in [0.2, 0.25) is 0 Å². The van der Waals surface area contributed by atoms with Crippen molar-refractivity contribution in [1.82, 2.24) is 29.5 Å². The van der Waals surface area contributed by atoms with E-state index in [2.05, 4.69) is 15.3 Å². The highest BCUT2D eigenvalue weighted by Crippen LogP contribution is 2.12. The molecule has 0 aromatic carbocycles. The van der Waals surface area contributed by atoms with Gasteiger partial charge in [0.2, 0.25) is 5.91 Å². The summed E-state index contributed by atoms with van der Waals surface area (Å²) in [5.41, 5.74) is -0.0270. The van der Waals surface area contributed by atoms with E-state index in [-0.39, 0.29) is 17.6 Å². The average Bonchev–Trinajstić information content (AvgIpc) is 3.11. The molecule has 0 bridgehead atoms. The molecule has 1 aromatic rings. The molecule has 1 fully saturated rings. The van der Waals surface area contributed by atoms with Gasteiger partial charge in [-0.15, -0.1) is 0 Å². The van der Waals surface area contributed by atoms with Crippen LogP contribution < -0.4 is 11.0 Å².